The molecule has 1 heterocycles. The zero-order valence-electron chi connectivity index (χ0n) is 12.6. The monoisotopic (exact) mass is 274 g/mol. The maximum atomic E-state index is 12.3. The summed E-state index contributed by atoms with van der Waals surface area (Å²) in [6.45, 7) is 4.31. The lowest BCUT2D eigenvalue weighted by Crippen LogP contribution is -2.31. The molecule has 1 aromatic carbocycles. The van der Waals surface area contributed by atoms with Crippen LogP contribution in [0.5, 0.6) is 0 Å². The van der Waals surface area contributed by atoms with Crippen LogP contribution in [0.15, 0.2) is 30.3 Å². The largest absolute Gasteiger partial charge is 0.339 e. The summed E-state index contributed by atoms with van der Waals surface area (Å²) in [4.78, 5) is 14.2. The maximum absolute atomic E-state index is 12.3. The number of nitrogens with one attached hydrogen (secondary N) is 1. The minimum absolute atomic E-state index is 0.150. The van der Waals surface area contributed by atoms with E-state index in [4.69, 9.17) is 0 Å². The van der Waals surface area contributed by atoms with Crippen LogP contribution in [0.4, 0.5) is 0 Å². The van der Waals surface area contributed by atoms with Gasteiger partial charge in [0, 0.05) is 13.5 Å². The first kappa shape index (κ1) is 15.0. The predicted octanol–water partition coefficient (Wildman–Crippen LogP) is 2.99. The van der Waals surface area contributed by atoms with Crippen LogP contribution in [0.25, 0.3) is 0 Å². The number of carbonyl (C=O) groups is 1. The summed E-state index contributed by atoms with van der Waals surface area (Å²) in [5.41, 5.74) is 1.20. The highest BCUT2D eigenvalue weighted by molar-refractivity contribution is 5.76. The molecule has 1 unspecified atom stereocenters. The van der Waals surface area contributed by atoms with Gasteiger partial charge in [0.15, 0.2) is 0 Å². The Morgan fingerprint density at radius 1 is 1.30 bits per heavy atom. The molecular formula is C17H26N2O. The number of piperidine rings is 1. The van der Waals surface area contributed by atoms with Crippen LogP contribution in [-0.2, 0) is 4.79 Å². The molecule has 0 radical (unpaired) electrons. The van der Waals surface area contributed by atoms with Crippen molar-refractivity contribution >= 4 is 5.91 Å². The van der Waals surface area contributed by atoms with E-state index < -0.39 is 0 Å². The van der Waals surface area contributed by atoms with Gasteiger partial charge in [-0.3, -0.25) is 4.79 Å². The molecule has 1 aliphatic heterocycles. The molecule has 1 aromatic rings. The zero-order chi connectivity index (χ0) is 14.4. The molecule has 1 saturated heterocycles. The van der Waals surface area contributed by atoms with Crippen LogP contribution in [0, 0.1) is 5.92 Å². The van der Waals surface area contributed by atoms with E-state index in [1.807, 2.05) is 30.1 Å². The Hall–Kier alpha value is -1.35. The fourth-order valence-electron chi connectivity index (χ4n) is 2.85. The second-order valence-corrected chi connectivity index (χ2v) is 5.82. The van der Waals surface area contributed by atoms with Crippen molar-refractivity contribution < 1.29 is 4.79 Å². The highest BCUT2D eigenvalue weighted by atomic mass is 16.2. The first-order chi connectivity index (χ1) is 9.68. The Bertz CT molecular complexity index is 412. The second-order valence-electron chi connectivity index (χ2n) is 5.82. The van der Waals surface area contributed by atoms with E-state index in [2.05, 4.69) is 24.4 Å². The molecule has 2 rings (SSSR count). The molecule has 0 saturated carbocycles. The molecule has 1 amide bonds. The first-order valence-corrected chi connectivity index (χ1v) is 7.70. The Balaban J connectivity index is 1.82. The van der Waals surface area contributed by atoms with Gasteiger partial charge < -0.3 is 10.2 Å². The van der Waals surface area contributed by atoms with Gasteiger partial charge in [-0.15, -0.1) is 0 Å². The fourth-order valence-corrected chi connectivity index (χ4v) is 2.85. The van der Waals surface area contributed by atoms with Crippen molar-refractivity contribution in [3.05, 3.63) is 35.9 Å². The molecule has 20 heavy (non-hydrogen) atoms. The molecule has 3 heteroatoms. The van der Waals surface area contributed by atoms with Crippen molar-refractivity contribution in [1.29, 1.82) is 0 Å². The number of hydrogen-bond donors (Lipinski definition) is 1. The van der Waals surface area contributed by atoms with Crippen molar-refractivity contribution in [1.82, 2.24) is 10.2 Å². The maximum Gasteiger partial charge on any atom is 0.222 e. The van der Waals surface area contributed by atoms with Crippen LogP contribution >= 0.6 is 0 Å². The summed E-state index contributed by atoms with van der Waals surface area (Å²) >= 11 is 0. The van der Waals surface area contributed by atoms with Crippen LogP contribution in [-0.4, -0.2) is 30.9 Å². The van der Waals surface area contributed by atoms with E-state index >= 15 is 0 Å². The molecule has 1 atom stereocenters. The Morgan fingerprint density at radius 2 is 1.95 bits per heavy atom. The lowest BCUT2D eigenvalue weighted by atomic mass is 9.93. The summed E-state index contributed by atoms with van der Waals surface area (Å²) in [6, 6.07) is 10.4. The lowest BCUT2D eigenvalue weighted by Gasteiger charge is -2.27. The van der Waals surface area contributed by atoms with Gasteiger partial charge in [-0.2, -0.15) is 0 Å². The lowest BCUT2D eigenvalue weighted by molar-refractivity contribution is -0.132. The summed E-state index contributed by atoms with van der Waals surface area (Å²) in [5.74, 6) is 0.987. The number of amides is 1. The Kier molecular flexibility index (Phi) is 5.60. The minimum atomic E-state index is 0.150. The van der Waals surface area contributed by atoms with E-state index in [-0.39, 0.29) is 11.9 Å². The van der Waals surface area contributed by atoms with Crippen molar-refractivity contribution in [2.24, 2.45) is 5.92 Å². The molecule has 110 valence electrons. The minimum Gasteiger partial charge on any atom is -0.339 e. The Labute approximate surface area is 122 Å². The average Bonchev–Trinajstić information content (AvgIpc) is 2.53. The van der Waals surface area contributed by atoms with E-state index in [0.29, 0.717) is 6.42 Å². The average molecular weight is 274 g/mol. The first-order valence-electron chi connectivity index (χ1n) is 7.70. The van der Waals surface area contributed by atoms with Crippen molar-refractivity contribution in [2.45, 2.75) is 38.6 Å². The fraction of sp³-hybridized carbons (Fsp3) is 0.588. The van der Waals surface area contributed by atoms with E-state index in [1.165, 1.54) is 18.4 Å². The van der Waals surface area contributed by atoms with Gasteiger partial charge in [0.1, 0.15) is 0 Å². The van der Waals surface area contributed by atoms with Gasteiger partial charge in [-0.25, -0.2) is 0 Å². The Morgan fingerprint density at radius 3 is 2.60 bits per heavy atom. The van der Waals surface area contributed by atoms with E-state index in [0.717, 1.165) is 25.4 Å². The van der Waals surface area contributed by atoms with Crippen LogP contribution in [0.3, 0.4) is 0 Å². The van der Waals surface area contributed by atoms with Gasteiger partial charge in [0.25, 0.3) is 0 Å². The summed E-state index contributed by atoms with van der Waals surface area (Å²) in [6.07, 6.45) is 4.14. The third-order valence-corrected chi connectivity index (χ3v) is 4.48. The molecule has 1 aliphatic rings. The number of hydrogen-bond acceptors (Lipinski definition) is 2. The molecule has 3 nitrogen and oxygen atoms in total. The molecule has 0 aromatic heterocycles. The van der Waals surface area contributed by atoms with E-state index in [9.17, 15) is 4.79 Å². The van der Waals surface area contributed by atoms with Crippen LogP contribution in [0.1, 0.15) is 44.2 Å². The topological polar surface area (TPSA) is 32.3 Å². The van der Waals surface area contributed by atoms with Gasteiger partial charge in [-0.1, -0.05) is 30.3 Å². The SMILES string of the molecule is CC(c1ccccc1)N(C)C(=O)CCC1CCNCC1. The summed E-state index contributed by atoms with van der Waals surface area (Å²) < 4.78 is 0. The van der Waals surface area contributed by atoms with Crippen LogP contribution in [0.2, 0.25) is 0 Å². The van der Waals surface area contributed by atoms with Gasteiger partial charge in [0.05, 0.1) is 6.04 Å². The van der Waals surface area contributed by atoms with Crippen molar-refractivity contribution in [3.8, 4) is 0 Å². The summed E-state index contributed by atoms with van der Waals surface area (Å²) in [5, 5.41) is 3.37. The van der Waals surface area contributed by atoms with Gasteiger partial charge in [-0.05, 0) is 50.8 Å². The number of carbonyl (C=O) groups excluding carboxylic acids is 1. The third-order valence-electron chi connectivity index (χ3n) is 4.48. The van der Waals surface area contributed by atoms with Crippen LogP contribution < -0.4 is 5.32 Å². The molecule has 0 spiro atoms. The molecule has 0 bridgehead atoms. The van der Waals surface area contributed by atoms with Gasteiger partial charge >= 0.3 is 0 Å². The number of rotatable bonds is 5. The normalized spacial score (nSPS) is 17.7. The quantitative estimate of drug-likeness (QED) is 0.895. The number of nitrogens with zero attached hydrogens (tertiary/aromatic N) is 1. The second kappa shape index (κ2) is 7.44. The standard InChI is InChI=1S/C17H26N2O/c1-14(16-6-4-3-5-7-16)19(2)17(20)9-8-15-10-12-18-13-11-15/h3-7,14-15,18H,8-13H2,1-2H3. The van der Waals surface area contributed by atoms with Gasteiger partial charge in [0.2, 0.25) is 5.91 Å². The van der Waals surface area contributed by atoms with Crippen molar-refractivity contribution in [2.75, 3.05) is 20.1 Å². The van der Waals surface area contributed by atoms with Crippen molar-refractivity contribution in [3.63, 3.8) is 0 Å². The predicted molar refractivity (Wildman–Crippen MR) is 82.5 cm³/mol. The third kappa shape index (κ3) is 4.07. The molecular weight excluding hydrogens is 248 g/mol. The smallest absolute Gasteiger partial charge is 0.222 e. The summed E-state index contributed by atoms with van der Waals surface area (Å²) in [7, 11) is 1.92. The van der Waals surface area contributed by atoms with E-state index in [1.54, 1.807) is 0 Å². The highest BCUT2D eigenvalue weighted by Gasteiger charge is 2.19. The molecule has 0 aliphatic carbocycles. The highest BCUT2D eigenvalue weighted by Crippen LogP contribution is 2.22. The molecule has 1 fully saturated rings. The molecule has 1 N–H and O–H groups in total. The zero-order valence-corrected chi connectivity index (χ0v) is 12.6. The number of benzene rings is 1.